The molecule has 0 saturated carbocycles. The van der Waals surface area contributed by atoms with Gasteiger partial charge in [-0.2, -0.15) is 5.10 Å². The molecule has 1 atom stereocenters. The maximum atomic E-state index is 6.12. The number of nitrogens with zero attached hydrogens (tertiary/aromatic N) is 3. The van der Waals surface area contributed by atoms with Gasteiger partial charge >= 0.3 is 0 Å². The van der Waals surface area contributed by atoms with Crippen LogP contribution in [0.2, 0.25) is 4.34 Å². The number of H-pyrrole nitrogens is 1. The molecule has 0 amide bonds. The number of fused-ring (bicyclic) bond motifs is 1. The summed E-state index contributed by atoms with van der Waals surface area (Å²) in [5, 5.41) is 8.09. The van der Waals surface area contributed by atoms with Gasteiger partial charge < -0.3 is 15.4 Å². The van der Waals surface area contributed by atoms with Crippen LogP contribution in [0, 0.1) is 0 Å². The Hall–Kier alpha value is -1.67. The summed E-state index contributed by atoms with van der Waals surface area (Å²) in [6, 6.07) is 3.94. The largest absolute Gasteiger partial charge is 0.373 e. The van der Waals surface area contributed by atoms with Crippen LogP contribution in [0.15, 0.2) is 24.5 Å². The highest BCUT2D eigenvalue weighted by Gasteiger charge is 2.25. The summed E-state index contributed by atoms with van der Waals surface area (Å²) in [7, 11) is 0. The monoisotopic (exact) mass is 349 g/mol. The molecule has 4 rings (SSSR count). The first-order valence-electron chi connectivity index (χ1n) is 7.40. The minimum absolute atomic E-state index is 0.0404. The van der Waals surface area contributed by atoms with Gasteiger partial charge in [0.25, 0.3) is 0 Å². The van der Waals surface area contributed by atoms with Crippen molar-refractivity contribution in [2.24, 2.45) is 5.73 Å². The maximum absolute atomic E-state index is 6.12. The molecule has 1 aliphatic rings. The zero-order valence-corrected chi connectivity index (χ0v) is 13.9. The van der Waals surface area contributed by atoms with Crippen LogP contribution in [-0.4, -0.2) is 47.5 Å². The van der Waals surface area contributed by atoms with Crippen molar-refractivity contribution in [1.29, 1.82) is 0 Å². The summed E-state index contributed by atoms with van der Waals surface area (Å²) in [4.78, 5) is 7.89. The fourth-order valence-electron chi connectivity index (χ4n) is 2.93. The lowest BCUT2D eigenvalue weighted by Gasteiger charge is -2.35. The van der Waals surface area contributed by atoms with Crippen LogP contribution in [0.4, 0.5) is 5.69 Å². The Morgan fingerprint density at radius 2 is 2.35 bits per heavy atom. The van der Waals surface area contributed by atoms with Crippen molar-refractivity contribution in [3.63, 3.8) is 0 Å². The Labute approximate surface area is 142 Å². The fourth-order valence-corrected chi connectivity index (χ4v) is 3.99. The van der Waals surface area contributed by atoms with E-state index in [-0.39, 0.29) is 6.10 Å². The summed E-state index contributed by atoms with van der Waals surface area (Å²) >= 11 is 7.67. The Morgan fingerprint density at radius 1 is 1.43 bits per heavy atom. The Bertz CT molecular complexity index is 832. The number of nitrogens with two attached hydrogens (primary N) is 1. The molecule has 0 radical (unpaired) electrons. The molecular formula is C15H16ClN5OS. The van der Waals surface area contributed by atoms with Gasteiger partial charge in [0.05, 0.1) is 34.3 Å². The maximum Gasteiger partial charge on any atom is 0.157 e. The fraction of sp³-hybridized carbons (Fsp3) is 0.333. The zero-order chi connectivity index (χ0) is 15.8. The van der Waals surface area contributed by atoms with E-state index in [4.69, 9.17) is 22.1 Å². The number of aromatic nitrogens is 3. The van der Waals surface area contributed by atoms with Crippen molar-refractivity contribution in [1.82, 2.24) is 15.2 Å². The van der Waals surface area contributed by atoms with Gasteiger partial charge in [-0.3, -0.25) is 5.10 Å². The second-order valence-electron chi connectivity index (χ2n) is 5.43. The molecule has 1 saturated heterocycles. The summed E-state index contributed by atoms with van der Waals surface area (Å²) in [6.07, 6.45) is 3.74. The smallest absolute Gasteiger partial charge is 0.157 e. The molecule has 4 heterocycles. The lowest BCUT2D eigenvalue weighted by atomic mass is 10.1. The standard InChI is InChI=1S/C15H16ClN5OS/c16-13-2-1-12(23-13)10-6-18-15-11(7-19-20-15)14(10)21-3-4-22-9(5-17)8-21/h1-2,6-7,9H,3-5,8,17H2,(H,18,19,20). The second kappa shape index (κ2) is 6.09. The molecule has 1 unspecified atom stereocenters. The third-order valence-electron chi connectivity index (χ3n) is 4.01. The molecule has 6 nitrogen and oxygen atoms in total. The summed E-state index contributed by atoms with van der Waals surface area (Å²) in [5.41, 5.74) is 8.75. The van der Waals surface area contributed by atoms with Crippen LogP contribution in [0.25, 0.3) is 21.5 Å². The van der Waals surface area contributed by atoms with Gasteiger partial charge in [0.15, 0.2) is 5.65 Å². The van der Waals surface area contributed by atoms with Gasteiger partial charge in [-0.15, -0.1) is 11.3 Å². The van der Waals surface area contributed by atoms with Gasteiger partial charge in [0.2, 0.25) is 0 Å². The molecule has 0 bridgehead atoms. The number of morpholine rings is 1. The van der Waals surface area contributed by atoms with Crippen LogP contribution in [0.3, 0.4) is 0 Å². The number of pyridine rings is 1. The third-order valence-corrected chi connectivity index (χ3v) is 5.27. The predicted octanol–water partition coefficient (Wildman–Crippen LogP) is 2.50. The highest BCUT2D eigenvalue weighted by Crippen LogP contribution is 2.40. The molecule has 3 aromatic rings. The Kier molecular flexibility index (Phi) is 3.94. The third kappa shape index (κ3) is 2.70. The van der Waals surface area contributed by atoms with Crippen LogP contribution in [0.1, 0.15) is 0 Å². The molecule has 0 aromatic carbocycles. The number of aromatic amines is 1. The highest BCUT2D eigenvalue weighted by molar-refractivity contribution is 7.19. The number of thiophene rings is 1. The molecule has 0 aliphatic carbocycles. The van der Waals surface area contributed by atoms with Crippen LogP contribution in [0.5, 0.6) is 0 Å². The Balaban J connectivity index is 1.86. The number of ether oxygens (including phenoxy) is 1. The van der Waals surface area contributed by atoms with Crippen LogP contribution >= 0.6 is 22.9 Å². The number of hydrogen-bond donors (Lipinski definition) is 2. The molecular weight excluding hydrogens is 334 g/mol. The lowest BCUT2D eigenvalue weighted by Crippen LogP contribution is -2.45. The van der Waals surface area contributed by atoms with Crippen molar-refractivity contribution < 1.29 is 4.74 Å². The SMILES string of the molecule is NCC1CN(c2c(-c3ccc(Cl)s3)cnc3[nH]ncc23)CCO1. The van der Waals surface area contributed by atoms with Crippen molar-refractivity contribution >= 4 is 39.7 Å². The van der Waals surface area contributed by atoms with E-state index in [1.807, 2.05) is 24.5 Å². The first-order chi connectivity index (χ1) is 11.3. The number of anilines is 1. The van der Waals surface area contributed by atoms with E-state index in [2.05, 4.69) is 20.1 Å². The summed E-state index contributed by atoms with van der Waals surface area (Å²) < 4.78 is 6.46. The van der Waals surface area contributed by atoms with E-state index in [0.717, 1.165) is 44.6 Å². The number of halogens is 1. The molecule has 23 heavy (non-hydrogen) atoms. The number of hydrogen-bond acceptors (Lipinski definition) is 6. The van der Waals surface area contributed by atoms with Crippen molar-refractivity contribution in [3.8, 4) is 10.4 Å². The molecule has 1 aliphatic heterocycles. The molecule has 120 valence electrons. The second-order valence-corrected chi connectivity index (χ2v) is 7.15. The summed E-state index contributed by atoms with van der Waals surface area (Å²) in [6.45, 7) is 2.74. The van der Waals surface area contributed by atoms with E-state index in [1.54, 1.807) is 11.3 Å². The molecule has 0 spiro atoms. The molecule has 3 N–H and O–H groups in total. The predicted molar refractivity (Wildman–Crippen MR) is 93.2 cm³/mol. The minimum Gasteiger partial charge on any atom is -0.373 e. The van der Waals surface area contributed by atoms with Gasteiger partial charge in [-0.05, 0) is 12.1 Å². The zero-order valence-electron chi connectivity index (χ0n) is 12.3. The first kappa shape index (κ1) is 14.9. The van der Waals surface area contributed by atoms with Gasteiger partial charge in [-0.1, -0.05) is 11.6 Å². The quantitative estimate of drug-likeness (QED) is 0.759. The van der Waals surface area contributed by atoms with Crippen molar-refractivity contribution in [2.75, 3.05) is 31.1 Å². The Morgan fingerprint density at radius 3 is 3.13 bits per heavy atom. The topological polar surface area (TPSA) is 80.1 Å². The summed E-state index contributed by atoms with van der Waals surface area (Å²) in [5.74, 6) is 0. The molecule has 8 heteroatoms. The lowest BCUT2D eigenvalue weighted by molar-refractivity contribution is 0.0467. The van der Waals surface area contributed by atoms with Crippen LogP contribution in [-0.2, 0) is 4.74 Å². The van der Waals surface area contributed by atoms with Crippen molar-refractivity contribution in [2.45, 2.75) is 6.10 Å². The normalized spacial score (nSPS) is 18.7. The van der Waals surface area contributed by atoms with E-state index in [1.165, 1.54) is 0 Å². The first-order valence-corrected chi connectivity index (χ1v) is 8.60. The molecule has 1 fully saturated rings. The van der Waals surface area contributed by atoms with Gasteiger partial charge in [0, 0.05) is 36.3 Å². The molecule has 3 aromatic heterocycles. The van der Waals surface area contributed by atoms with E-state index < -0.39 is 0 Å². The van der Waals surface area contributed by atoms with E-state index >= 15 is 0 Å². The highest BCUT2D eigenvalue weighted by atomic mass is 35.5. The number of nitrogens with one attached hydrogen (secondary N) is 1. The van der Waals surface area contributed by atoms with E-state index in [0.29, 0.717) is 13.2 Å². The van der Waals surface area contributed by atoms with Crippen LogP contribution < -0.4 is 10.6 Å². The van der Waals surface area contributed by atoms with Crippen molar-refractivity contribution in [3.05, 3.63) is 28.9 Å². The van der Waals surface area contributed by atoms with E-state index in [9.17, 15) is 0 Å². The number of rotatable bonds is 3. The van der Waals surface area contributed by atoms with Gasteiger partial charge in [-0.25, -0.2) is 4.98 Å². The van der Waals surface area contributed by atoms with Gasteiger partial charge in [0.1, 0.15) is 0 Å². The minimum atomic E-state index is 0.0404. The average Bonchev–Trinajstić information content (AvgIpc) is 3.22. The average molecular weight is 350 g/mol.